The van der Waals surface area contributed by atoms with Gasteiger partial charge >= 0.3 is 17.9 Å². The van der Waals surface area contributed by atoms with E-state index in [0.717, 1.165) is 38.5 Å². The van der Waals surface area contributed by atoms with E-state index >= 15 is 0 Å². The zero-order chi connectivity index (χ0) is 67.5. The van der Waals surface area contributed by atoms with Crippen molar-refractivity contribution >= 4 is 17.9 Å². The summed E-state index contributed by atoms with van der Waals surface area (Å²) in [7, 11) is 6.01. The van der Waals surface area contributed by atoms with Gasteiger partial charge in [0.05, 0.1) is 34.4 Å². The molecule has 0 fully saturated rings. The second kappa shape index (κ2) is 76.1. The van der Waals surface area contributed by atoms with Crippen LogP contribution in [0.1, 0.15) is 463 Å². The van der Waals surface area contributed by atoms with Crippen molar-refractivity contribution in [2.45, 2.75) is 476 Å². The molecule has 0 saturated carbocycles. The van der Waals surface area contributed by atoms with Crippen molar-refractivity contribution in [2.75, 3.05) is 47.5 Å². The Labute approximate surface area is 581 Å². The van der Waals surface area contributed by atoms with Gasteiger partial charge in [-0.05, 0) is 12.8 Å². The average molecular weight is 1320 g/mol. The molecule has 0 saturated heterocycles. The number of carbonyl (C=O) groups is 3. The first-order chi connectivity index (χ1) is 45.6. The molecule has 2 unspecified atom stereocenters. The lowest BCUT2D eigenvalue weighted by Gasteiger charge is -2.25. The molecule has 9 nitrogen and oxygen atoms in total. The van der Waals surface area contributed by atoms with Crippen molar-refractivity contribution in [3.8, 4) is 0 Å². The SMILES string of the molecule is CCCCCCCCCCCCCCCCCCCCCCCCCCCCCCCCCCCCCCC(=O)OC(COC(=O)CCCCCCCCCCCCCCCCCCCCCCCCCCCCCCCCCC)COC(OCC[N+](C)(C)C)C(=O)O. The fourth-order valence-electron chi connectivity index (χ4n) is 13.4. The average Bonchev–Trinajstić information content (AvgIpc) is 3.47. The smallest absolute Gasteiger partial charge is 0.361 e. The van der Waals surface area contributed by atoms with Crippen LogP contribution >= 0.6 is 0 Å². The molecule has 0 bridgehead atoms. The summed E-state index contributed by atoms with van der Waals surface area (Å²) >= 11 is 0. The number of carboxylic acids is 1. The predicted octanol–water partition coefficient (Wildman–Crippen LogP) is 26.9. The molecule has 554 valence electrons. The minimum Gasteiger partial charge on any atom is -0.477 e. The molecule has 0 aromatic rings. The Balaban J connectivity index is 3.91. The molecule has 0 heterocycles. The summed E-state index contributed by atoms with van der Waals surface area (Å²) in [4.78, 5) is 37.8. The van der Waals surface area contributed by atoms with E-state index in [-0.39, 0.29) is 38.2 Å². The van der Waals surface area contributed by atoms with Gasteiger partial charge in [-0.15, -0.1) is 0 Å². The van der Waals surface area contributed by atoms with E-state index in [0.29, 0.717) is 17.4 Å². The van der Waals surface area contributed by atoms with Crippen molar-refractivity contribution in [3.63, 3.8) is 0 Å². The zero-order valence-corrected chi connectivity index (χ0v) is 63.7. The molecule has 0 spiro atoms. The Morgan fingerprint density at radius 2 is 0.484 bits per heavy atom. The van der Waals surface area contributed by atoms with Crippen molar-refractivity contribution in [3.05, 3.63) is 0 Å². The van der Waals surface area contributed by atoms with Crippen LogP contribution in [-0.2, 0) is 33.3 Å². The van der Waals surface area contributed by atoms with Crippen LogP contribution in [0.3, 0.4) is 0 Å². The highest BCUT2D eigenvalue weighted by molar-refractivity contribution is 5.71. The summed E-state index contributed by atoms with van der Waals surface area (Å²) < 4.78 is 23.1. The predicted molar refractivity (Wildman–Crippen MR) is 402 cm³/mol. The monoisotopic (exact) mass is 1320 g/mol. The molecule has 0 aliphatic carbocycles. The first-order valence-corrected chi connectivity index (χ1v) is 42.2. The highest BCUT2D eigenvalue weighted by Gasteiger charge is 2.25. The summed E-state index contributed by atoms with van der Waals surface area (Å²) in [6, 6.07) is 0. The van der Waals surface area contributed by atoms with E-state index in [1.165, 1.54) is 398 Å². The van der Waals surface area contributed by atoms with E-state index in [1.807, 2.05) is 21.1 Å². The number of ether oxygens (including phenoxy) is 4. The second-order valence-corrected chi connectivity index (χ2v) is 30.5. The first-order valence-electron chi connectivity index (χ1n) is 42.2. The summed E-state index contributed by atoms with van der Waals surface area (Å²) in [5, 5.41) is 9.78. The standard InChI is InChI=1S/C84H165NO8/c1-6-8-10-12-14-16-18-20-22-24-26-28-30-32-34-36-38-40-41-42-43-45-47-49-51-53-55-57-59-61-63-65-67-69-71-73-75-82(87)93-80(79-92-84(83(88)89)90-77-76-85(3,4)5)78-91-81(86)74-72-70-68-66-64-62-60-58-56-54-52-50-48-46-44-39-37-35-33-31-29-27-25-23-21-19-17-15-13-11-9-7-2/h80,84H,6-79H2,1-5H3/p+1. The molecule has 0 rings (SSSR count). The molecule has 0 radical (unpaired) electrons. The fraction of sp³-hybridized carbons (Fsp3) is 0.964. The lowest BCUT2D eigenvalue weighted by atomic mass is 10.0. The van der Waals surface area contributed by atoms with E-state index in [1.54, 1.807) is 0 Å². The number of carboxylic acid groups (broad SMARTS) is 1. The van der Waals surface area contributed by atoms with Crippen LogP contribution in [-0.4, -0.2) is 87.4 Å². The Bertz CT molecular complexity index is 1480. The third-order valence-electron chi connectivity index (χ3n) is 19.9. The van der Waals surface area contributed by atoms with Crippen LogP contribution in [0, 0.1) is 0 Å². The molecule has 0 aliphatic heterocycles. The van der Waals surface area contributed by atoms with Gasteiger partial charge in [0.25, 0.3) is 6.29 Å². The number of hydrogen-bond donors (Lipinski definition) is 1. The quantitative estimate of drug-likeness (QED) is 0.0278. The van der Waals surface area contributed by atoms with Crippen LogP contribution < -0.4 is 0 Å². The number of aliphatic carboxylic acids is 1. The van der Waals surface area contributed by atoms with Crippen molar-refractivity contribution in [1.82, 2.24) is 0 Å². The van der Waals surface area contributed by atoms with Gasteiger partial charge in [-0.1, -0.05) is 438 Å². The van der Waals surface area contributed by atoms with Crippen LogP contribution in [0.2, 0.25) is 0 Å². The second-order valence-electron chi connectivity index (χ2n) is 30.5. The molecular weight excluding hydrogens is 1150 g/mol. The molecule has 2 atom stereocenters. The Morgan fingerprint density at radius 1 is 0.280 bits per heavy atom. The molecule has 93 heavy (non-hydrogen) atoms. The largest absolute Gasteiger partial charge is 0.477 e. The fourth-order valence-corrected chi connectivity index (χ4v) is 13.4. The van der Waals surface area contributed by atoms with Gasteiger partial charge in [-0.2, -0.15) is 0 Å². The molecule has 0 aromatic carbocycles. The maximum atomic E-state index is 13.0. The van der Waals surface area contributed by atoms with Gasteiger partial charge in [0.1, 0.15) is 13.2 Å². The van der Waals surface area contributed by atoms with Gasteiger partial charge in [0, 0.05) is 12.8 Å². The topological polar surface area (TPSA) is 108 Å². The summed E-state index contributed by atoms with van der Waals surface area (Å²) in [6.07, 6.45) is 91.5. The maximum Gasteiger partial charge on any atom is 0.361 e. The molecule has 0 amide bonds. The van der Waals surface area contributed by atoms with Crippen LogP contribution in [0.15, 0.2) is 0 Å². The Morgan fingerprint density at radius 3 is 0.688 bits per heavy atom. The summed E-state index contributed by atoms with van der Waals surface area (Å²) in [5.74, 6) is -1.96. The van der Waals surface area contributed by atoms with Crippen LogP contribution in [0.25, 0.3) is 0 Å². The number of rotatable bonds is 81. The number of carbonyl (C=O) groups excluding carboxylic acids is 2. The summed E-state index contributed by atoms with van der Waals surface area (Å²) in [6.45, 7) is 4.99. The minimum atomic E-state index is -1.51. The highest BCUT2D eigenvalue weighted by Crippen LogP contribution is 2.21. The molecule has 1 N–H and O–H groups in total. The van der Waals surface area contributed by atoms with Gasteiger partial charge in [-0.25, -0.2) is 4.79 Å². The third-order valence-corrected chi connectivity index (χ3v) is 19.9. The van der Waals surface area contributed by atoms with Gasteiger partial charge in [0.2, 0.25) is 0 Å². The summed E-state index contributed by atoms with van der Waals surface area (Å²) in [5.41, 5.74) is 0. The molecule has 0 aromatic heterocycles. The molecular formula is C84H166NO8+. The van der Waals surface area contributed by atoms with E-state index in [9.17, 15) is 19.5 Å². The van der Waals surface area contributed by atoms with E-state index in [4.69, 9.17) is 18.9 Å². The number of hydrogen-bond acceptors (Lipinski definition) is 7. The Hall–Kier alpha value is -1.71. The van der Waals surface area contributed by atoms with Crippen molar-refractivity contribution < 1.29 is 42.9 Å². The van der Waals surface area contributed by atoms with Crippen LogP contribution in [0.5, 0.6) is 0 Å². The molecule has 0 aliphatic rings. The first kappa shape index (κ1) is 91.3. The highest BCUT2D eigenvalue weighted by atomic mass is 16.7. The van der Waals surface area contributed by atoms with Gasteiger partial charge in [-0.3, -0.25) is 9.59 Å². The Kier molecular flexibility index (Phi) is 74.7. The third kappa shape index (κ3) is 77.5. The lowest BCUT2D eigenvalue weighted by molar-refractivity contribution is -0.870. The number of esters is 2. The van der Waals surface area contributed by atoms with E-state index in [2.05, 4.69) is 13.8 Å². The van der Waals surface area contributed by atoms with Crippen molar-refractivity contribution in [1.29, 1.82) is 0 Å². The lowest BCUT2D eigenvalue weighted by Crippen LogP contribution is -2.40. The normalized spacial score (nSPS) is 12.5. The number of likely N-dealkylation sites (N-methyl/N-ethyl adjacent to an activating group) is 1. The van der Waals surface area contributed by atoms with E-state index < -0.39 is 18.4 Å². The van der Waals surface area contributed by atoms with Gasteiger partial charge in [0.15, 0.2) is 6.10 Å². The number of unbranched alkanes of at least 4 members (excludes halogenated alkanes) is 66. The number of nitrogens with zero attached hydrogens (tertiary/aromatic N) is 1. The number of quaternary nitrogens is 1. The van der Waals surface area contributed by atoms with Gasteiger partial charge < -0.3 is 28.5 Å². The van der Waals surface area contributed by atoms with Crippen LogP contribution in [0.4, 0.5) is 0 Å². The molecule has 9 heteroatoms. The zero-order valence-electron chi connectivity index (χ0n) is 63.7. The minimum absolute atomic E-state index is 0.171. The van der Waals surface area contributed by atoms with Crippen molar-refractivity contribution in [2.24, 2.45) is 0 Å². The maximum absolute atomic E-state index is 13.0.